The zero-order chi connectivity index (χ0) is 15.1. The van der Waals surface area contributed by atoms with E-state index in [9.17, 15) is 22.0 Å². The van der Waals surface area contributed by atoms with Gasteiger partial charge in [-0.1, -0.05) is 0 Å². The van der Waals surface area contributed by atoms with Gasteiger partial charge in [0.25, 0.3) is 0 Å². The van der Waals surface area contributed by atoms with E-state index in [4.69, 9.17) is 5.73 Å². The smallest absolute Gasteiger partial charge is 0.398 e. The lowest BCUT2D eigenvalue weighted by Crippen LogP contribution is -2.09. The Morgan fingerprint density at radius 2 is 1.35 bits per heavy atom. The van der Waals surface area contributed by atoms with Crippen LogP contribution in [0.15, 0.2) is 30.3 Å². The normalized spacial score (nSPS) is 11.7. The summed E-state index contributed by atoms with van der Waals surface area (Å²) in [4.78, 5) is 0. The van der Waals surface area contributed by atoms with Gasteiger partial charge in [0.2, 0.25) is 0 Å². The number of hydrogen-bond donors (Lipinski definition) is 1. The van der Waals surface area contributed by atoms with E-state index in [0.29, 0.717) is 6.07 Å². The van der Waals surface area contributed by atoms with Gasteiger partial charge in [-0.3, -0.25) is 0 Å². The lowest BCUT2D eigenvalue weighted by molar-refractivity contribution is -0.137. The number of alkyl halides is 3. The van der Waals surface area contributed by atoms with Crippen molar-refractivity contribution in [3.8, 4) is 11.1 Å². The van der Waals surface area contributed by atoms with E-state index in [1.165, 1.54) is 13.0 Å². The largest absolute Gasteiger partial charge is 0.416 e. The highest BCUT2D eigenvalue weighted by Gasteiger charge is 2.33. The molecule has 0 unspecified atom stereocenters. The van der Waals surface area contributed by atoms with Crippen LogP contribution in [0.25, 0.3) is 11.1 Å². The highest BCUT2D eigenvalue weighted by Crippen LogP contribution is 2.37. The van der Waals surface area contributed by atoms with Crippen LogP contribution in [0, 0.1) is 18.6 Å². The summed E-state index contributed by atoms with van der Waals surface area (Å²) < 4.78 is 64.9. The molecular weight excluding hydrogens is 277 g/mol. The van der Waals surface area contributed by atoms with Crippen molar-refractivity contribution < 1.29 is 22.0 Å². The minimum atomic E-state index is -4.58. The number of benzene rings is 2. The second-order valence-corrected chi connectivity index (χ2v) is 4.39. The average Bonchev–Trinajstić information content (AvgIpc) is 2.29. The maximum atomic E-state index is 13.1. The number of anilines is 1. The minimum Gasteiger partial charge on any atom is -0.398 e. The fourth-order valence-corrected chi connectivity index (χ4v) is 1.92. The van der Waals surface area contributed by atoms with Crippen LogP contribution in [0.5, 0.6) is 0 Å². The van der Waals surface area contributed by atoms with Gasteiger partial charge in [0.05, 0.1) is 5.56 Å². The highest BCUT2D eigenvalue weighted by molar-refractivity contribution is 5.71. The Morgan fingerprint density at radius 3 is 1.85 bits per heavy atom. The first-order valence-corrected chi connectivity index (χ1v) is 5.62. The van der Waals surface area contributed by atoms with Crippen LogP contribution in [0.2, 0.25) is 0 Å². The van der Waals surface area contributed by atoms with E-state index in [0.717, 1.165) is 18.2 Å². The van der Waals surface area contributed by atoms with Gasteiger partial charge in [-0.05, 0) is 47.9 Å². The number of hydrogen-bond acceptors (Lipinski definition) is 1. The summed E-state index contributed by atoms with van der Waals surface area (Å²) in [5.74, 6) is -1.74. The number of nitrogen functional groups attached to an aromatic ring is 1. The fourth-order valence-electron chi connectivity index (χ4n) is 1.92. The van der Waals surface area contributed by atoms with Crippen molar-refractivity contribution >= 4 is 5.69 Å². The first-order valence-electron chi connectivity index (χ1n) is 5.62. The molecular formula is C14H10F5N. The molecule has 0 atom stereocenters. The van der Waals surface area contributed by atoms with Crippen molar-refractivity contribution in [3.63, 3.8) is 0 Å². The second kappa shape index (κ2) is 4.77. The van der Waals surface area contributed by atoms with Crippen molar-refractivity contribution in [2.24, 2.45) is 0 Å². The fraction of sp³-hybridized carbons (Fsp3) is 0.143. The van der Waals surface area contributed by atoms with Crippen LogP contribution in [-0.2, 0) is 6.18 Å². The summed E-state index contributed by atoms with van der Waals surface area (Å²) >= 11 is 0. The van der Waals surface area contributed by atoms with Crippen molar-refractivity contribution in [2.75, 3.05) is 5.73 Å². The number of rotatable bonds is 1. The molecule has 106 valence electrons. The standard InChI is InChI=1S/C14H10F5N/c1-7-12(14(17,18)19)4-9(5-13(7)20)8-2-10(15)6-11(16)3-8/h2-6H,20H2,1H3. The molecule has 0 aliphatic carbocycles. The summed E-state index contributed by atoms with van der Waals surface area (Å²) in [5, 5.41) is 0. The van der Waals surface area contributed by atoms with Crippen LogP contribution >= 0.6 is 0 Å². The Bertz CT molecular complexity index is 641. The van der Waals surface area contributed by atoms with Gasteiger partial charge in [0.1, 0.15) is 11.6 Å². The van der Waals surface area contributed by atoms with Crippen LogP contribution in [-0.4, -0.2) is 0 Å². The quantitative estimate of drug-likeness (QED) is 0.604. The molecule has 0 aliphatic heterocycles. The van der Waals surface area contributed by atoms with E-state index < -0.39 is 23.4 Å². The van der Waals surface area contributed by atoms with Gasteiger partial charge in [0.15, 0.2) is 0 Å². The third-order valence-corrected chi connectivity index (χ3v) is 2.95. The van der Waals surface area contributed by atoms with E-state index in [-0.39, 0.29) is 22.4 Å². The molecule has 0 aromatic heterocycles. The Kier molecular flexibility index (Phi) is 3.41. The van der Waals surface area contributed by atoms with Gasteiger partial charge in [-0.15, -0.1) is 0 Å². The van der Waals surface area contributed by atoms with Crippen molar-refractivity contribution in [2.45, 2.75) is 13.1 Å². The van der Waals surface area contributed by atoms with Crippen molar-refractivity contribution in [1.82, 2.24) is 0 Å². The molecule has 0 radical (unpaired) electrons. The third-order valence-electron chi connectivity index (χ3n) is 2.95. The van der Waals surface area contributed by atoms with E-state index >= 15 is 0 Å². The van der Waals surface area contributed by atoms with Crippen LogP contribution in [0.3, 0.4) is 0 Å². The van der Waals surface area contributed by atoms with Crippen LogP contribution < -0.4 is 5.73 Å². The Morgan fingerprint density at radius 1 is 0.850 bits per heavy atom. The molecule has 20 heavy (non-hydrogen) atoms. The van der Waals surface area contributed by atoms with Gasteiger partial charge in [0, 0.05) is 11.8 Å². The molecule has 0 saturated heterocycles. The maximum Gasteiger partial charge on any atom is 0.416 e. The molecule has 0 amide bonds. The zero-order valence-corrected chi connectivity index (χ0v) is 10.4. The van der Waals surface area contributed by atoms with Crippen LogP contribution in [0.4, 0.5) is 27.6 Å². The highest BCUT2D eigenvalue weighted by atomic mass is 19.4. The van der Waals surface area contributed by atoms with Gasteiger partial charge in [-0.25, -0.2) is 8.78 Å². The van der Waals surface area contributed by atoms with E-state index in [1.54, 1.807) is 0 Å². The summed E-state index contributed by atoms with van der Waals surface area (Å²) in [6.07, 6.45) is -4.58. The Hall–Kier alpha value is -2.11. The predicted octanol–water partition coefficient (Wildman–Crippen LogP) is 4.54. The molecule has 0 saturated carbocycles. The van der Waals surface area contributed by atoms with E-state index in [1.807, 2.05) is 0 Å². The van der Waals surface area contributed by atoms with Gasteiger partial charge in [-0.2, -0.15) is 13.2 Å². The molecule has 2 aromatic rings. The molecule has 1 nitrogen and oxygen atoms in total. The maximum absolute atomic E-state index is 13.1. The molecule has 6 heteroatoms. The molecule has 0 spiro atoms. The molecule has 2 aromatic carbocycles. The molecule has 0 aliphatic rings. The van der Waals surface area contributed by atoms with Gasteiger partial charge < -0.3 is 5.73 Å². The lowest BCUT2D eigenvalue weighted by Gasteiger charge is -2.14. The van der Waals surface area contributed by atoms with E-state index in [2.05, 4.69) is 0 Å². The Balaban J connectivity index is 2.67. The van der Waals surface area contributed by atoms with Crippen molar-refractivity contribution in [1.29, 1.82) is 0 Å². The molecule has 0 fully saturated rings. The molecule has 0 heterocycles. The summed E-state index contributed by atoms with van der Waals surface area (Å²) in [7, 11) is 0. The molecule has 2 N–H and O–H groups in total. The third kappa shape index (κ3) is 2.74. The predicted molar refractivity (Wildman–Crippen MR) is 65.9 cm³/mol. The lowest BCUT2D eigenvalue weighted by atomic mass is 9.97. The van der Waals surface area contributed by atoms with Crippen LogP contribution in [0.1, 0.15) is 11.1 Å². The topological polar surface area (TPSA) is 26.0 Å². The first-order chi connectivity index (χ1) is 9.18. The Labute approximate surface area is 111 Å². The molecule has 2 rings (SSSR count). The average molecular weight is 287 g/mol. The summed E-state index contributed by atoms with van der Waals surface area (Å²) in [6, 6.07) is 4.64. The molecule has 0 bridgehead atoms. The number of nitrogens with two attached hydrogens (primary N) is 1. The SMILES string of the molecule is Cc1c(N)cc(-c2cc(F)cc(F)c2)cc1C(F)(F)F. The summed E-state index contributed by atoms with van der Waals surface area (Å²) in [5.41, 5.74) is 4.44. The minimum absolute atomic E-state index is 0.000278. The number of halogens is 5. The van der Waals surface area contributed by atoms with Gasteiger partial charge >= 0.3 is 6.18 Å². The summed E-state index contributed by atoms with van der Waals surface area (Å²) in [6.45, 7) is 1.24. The second-order valence-electron chi connectivity index (χ2n) is 4.39. The van der Waals surface area contributed by atoms with Crippen molar-refractivity contribution in [3.05, 3.63) is 53.1 Å². The first kappa shape index (κ1) is 14.3. The zero-order valence-electron chi connectivity index (χ0n) is 10.4. The monoisotopic (exact) mass is 287 g/mol.